The van der Waals surface area contributed by atoms with E-state index in [4.69, 9.17) is 0 Å². The predicted molar refractivity (Wildman–Crippen MR) is 116 cm³/mol. The minimum Gasteiger partial charge on any atom is -0.325 e. The van der Waals surface area contributed by atoms with Crippen molar-refractivity contribution in [3.63, 3.8) is 0 Å². The second kappa shape index (κ2) is 8.49. The van der Waals surface area contributed by atoms with Gasteiger partial charge in [0.05, 0.1) is 10.6 Å². The van der Waals surface area contributed by atoms with Crippen molar-refractivity contribution in [2.45, 2.75) is 37.8 Å². The molecule has 2 heterocycles. The van der Waals surface area contributed by atoms with Crippen LogP contribution in [0.25, 0.3) is 10.7 Å². The van der Waals surface area contributed by atoms with Crippen molar-refractivity contribution in [1.29, 1.82) is 0 Å². The van der Waals surface area contributed by atoms with E-state index in [-0.39, 0.29) is 5.91 Å². The molecule has 0 saturated heterocycles. The van der Waals surface area contributed by atoms with Crippen molar-refractivity contribution < 1.29 is 4.79 Å². The highest BCUT2D eigenvalue weighted by molar-refractivity contribution is 7.99. The smallest absolute Gasteiger partial charge is 0.234 e. The van der Waals surface area contributed by atoms with E-state index in [9.17, 15) is 4.79 Å². The number of nitrogens with zero attached hydrogens (tertiary/aromatic N) is 3. The lowest BCUT2D eigenvalue weighted by Crippen LogP contribution is -2.14. The number of para-hydroxylation sites is 1. The van der Waals surface area contributed by atoms with Gasteiger partial charge in [-0.3, -0.25) is 4.79 Å². The number of anilines is 1. The van der Waals surface area contributed by atoms with E-state index in [0.29, 0.717) is 5.75 Å². The molecule has 1 aliphatic carbocycles. The fraction of sp³-hybridized carbons (Fsp3) is 0.381. The standard InChI is InChI=1S/C21H24N4OS2/c1-3-14-9-10-17-15(11-14)12-18(28-17)20-23-24-21(25(20)2)27-13-19(26)22-16-7-5-4-6-8-16/h4-8,12,14H,3,9-11,13H2,1-2H3,(H,22,26). The van der Waals surface area contributed by atoms with Gasteiger partial charge in [0.1, 0.15) is 0 Å². The largest absolute Gasteiger partial charge is 0.325 e. The number of aryl methyl sites for hydroxylation is 1. The molecule has 0 fully saturated rings. The number of aromatic nitrogens is 3. The van der Waals surface area contributed by atoms with E-state index in [2.05, 4.69) is 28.5 Å². The summed E-state index contributed by atoms with van der Waals surface area (Å²) in [6.07, 6.45) is 4.90. The average molecular weight is 413 g/mol. The molecule has 1 amide bonds. The molecule has 1 N–H and O–H groups in total. The van der Waals surface area contributed by atoms with Gasteiger partial charge in [-0.05, 0) is 48.9 Å². The number of carbonyl (C=O) groups excluding carboxylic acids is 1. The number of carbonyl (C=O) groups is 1. The van der Waals surface area contributed by atoms with Crippen LogP contribution in [0, 0.1) is 5.92 Å². The maximum absolute atomic E-state index is 12.2. The van der Waals surface area contributed by atoms with Crippen LogP contribution in [0.4, 0.5) is 5.69 Å². The van der Waals surface area contributed by atoms with Crippen molar-refractivity contribution in [3.05, 3.63) is 46.8 Å². The molecule has 1 atom stereocenters. The third kappa shape index (κ3) is 4.15. The van der Waals surface area contributed by atoms with Gasteiger partial charge in [0, 0.05) is 17.6 Å². The number of thioether (sulfide) groups is 1. The van der Waals surface area contributed by atoms with Crippen LogP contribution in [0.3, 0.4) is 0 Å². The number of fused-ring (bicyclic) bond motifs is 1. The Hall–Kier alpha value is -2.12. The number of hydrogen-bond acceptors (Lipinski definition) is 5. The SMILES string of the molecule is CCC1CCc2sc(-c3nnc(SCC(=O)Nc4ccccc4)n3C)cc2C1. The van der Waals surface area contributed by atoms with E-state index in [1.54, 1.807) is 0 Å². The molecule has 1 aromatic carbocycles. The molecule has 146 valence electrons. The number of hydrogen-bond donors (Lipinski definition) is 1. The first kappa shape index (κ1) is 19.2. The molecule has 1 unspecified atom stereocenters. The van der Waals surface area contributed by atoms with Crippen LogP contribution in [0.15, 0.2) is 41.6 Å². The number of rotatable bonds is 6. The Balaban J connectivity index is 1.42. The summed E-state index contributed by atoms with van der Waals surface area (Å²) in [6, 6.07) is 11.8. The van der Waals surface area contributed by atoms with Gasteiger partial charge >= 0.3 is 0 Å². The van der Waals surface area contributed by atoms with Crippen LogP contribution in [0.2, 0.25) is 0 Å². The summed E-state index contributed by atoms with van der Waals surface area (Å²) in [5.74, 6) is 1.96. The van der Waals surface area contributed by atoms with Crippen LogP contribution in [0.1, 0.15) is 30.2 Å². The number of thiophene rings is 1. The molecule has 0 saturated carbocycles. The highest BCUT2D eigenvalue weighted by Gasteiger charge is 2.22. The first-order valence-electron chi connectivity index (χ1n) is 9.63. The fourth-order valence-corrected chi connectivity index (χ4v) is 5.50. The molecule has 0 radical (unpaired) electrons. The van der Waals surface area contributed by atoms with E-state index in [0.717, 1.165) is 22.6 Å². The lowest BCUT2D eigenvalue weighted by Gasteiger charge is -2.19. The van der Waals surface area contributed by atoms with E-state index >= 15 is 0 Å². The van der Waals surface area contributed by atoms with Crippen molar-refractivity contribution >= 4 is 34.7 Å². The van der Waals surface area contributed by atoms with Crippen LogP contribution < -0.4 is 5.32 Å². The lowest BCUT2D eigenvalue weighted by atomic mass is 9.87. The molecule has 0 bridgehead atoms. The van der Waals surface area contributed by atoms with E-state index in [1.165, 1.54) is 52.8 Å². The van der Waals surface area contributed by atoms with Gasteiger partial charge in [-0.25, -0.2) is 0 Å². The quantitative estimate of drug-likeness (QED) is 0.592. The van der Waals surface area contributed by atoms with Gasteiger partial charge in [-0.1, -0.05) is 43.3 Å². The van der Waals surface area contributed by atoms with Crippen LogP contribution in [-0.4, -0.2) is 26.4 Å². The summed E-state index contributed by atoms with van der Waals surface area (Å²) >= 11 is 3.25. The van der Waals surface area contributed by atoms with Crippen molar-refractivity contribution in [3.8, 4) is 10.7 Å². The summed E-state index contributed by atoms with van der Waals surface area (Å²) in [7, 11) is 1.97. The van der Waals surface area contributed by atoms with Crippen LogP contribution in [-0.2, 0) is 24.7 Å². The van der Waals surface area contributed by atoms with Gasteiger partial charge in [-0.2, -0.15) is 0 Å². The van der Waals surface area contributed by atoms with Crippen molar-refractivity contribution in [1.82, 2.24) is 14.8 Å². The molecule has 4 rings (SSSR count). The lowest BCUT2D eigenvalue weighted by molar-refractivity contribution is -0.113. The zero-order valence-corrected chi connectivity index (χ0v) is 17.8. The van der Waals surface area contributed by atoms with Crippen LogP contribution >= 0.6 is 23.1 Å². The highest BCUT2D eigenvalue weighted by atomic mass is 32.2. The number of nitrogens with one attached hydrogen (secondary N) is 1. The Morgan fingerprint density at radius 2 is 2.14 bits per heavy atom. The second-order valence-electron chi connectivity index (χ2n) is 7.14. The number of amides is 1. The molecule has 5 nitrogen and oxygen atoms in total. The monoisotopic (exact) mass is 412 g/mol. The van der Waals surface area contributed by atoms with Crippen molar-refractivity contribution in [2.75, 3.05) is 11.1 Å². The molecule has 3 aromatic rings. The van der Waals surface area contributed by atoms with Crippen molar-refractivity contribution in [2.24, 2.45) is 13.0 Å². The topological polar surface area (TPSA) is 59.8 Å². The molecule has 0 aliphatic heterocycles. The molecule has 0 spiro atoms. The summed E-state index contributed by atoms with van der Waals surface area (Å²) < 4.78 is 2.00. The maximum Gasteiger partial charge on any atom is 0.234 e. The Labute approximate surface area is 173 Å². The van der Waals surface area contributed by atoms with Gasteiger partial charge in [0.25, 0.3) is 0 Å². The van der Waals surface area contributed by atoms with Gasteiger partial charge in [-0.15, -0.1) is 21.5 Å². The second-order valence-corrected chi connectivity index (χ2v) is 9.22. The Bertz CT molecular complexity index is 964. The third-order valence-corrected chi connectivity index (χ3v) is 7.46. The maximum atomic E-state index is 12.2. The molecular weight excluding hydrogens is 388 g/mol. The molecule has 7 heteroatoms. The normalized spacial score (nSPS) is 16.0. The zero-order valence-electron chi connectivity index (χ0n) is 16.1. The Morgan fingerprint density at radius 3 is 2.93 bits per heavy atom. The van der Waals surface area contributed by atoms with Gasteiger partial charge < -0.3 is 9.88 Å². The van der Waals surface area contributed by atoms with Gasteiger partial charge in [0.2, 0.25) is 5.91 Å². The van der Waals surface area contributed by atoms with E-state index < -0.39 is 0 Å². The third-order valence-electron chi connectivity index (χ3n) is 5.21. The predicted octanol–water partition coefficient (Wildman–Crippen LogP) is 4.79. The Kier molecular flexibility index (Phi) is 5.82. The zero-order chi connectivity index (χ0) is 19.5. The fourth-order valence-electron chi connectivity index (χ4n) is 3.56. The summed E-state index contributed by atoms with van der Waals surface area (Å²) in [5, 5.41) is 12.4. The van der Waals surface area contributed by atoms with Gasteiger partial charge in [0.15, 0.2) is 11.0 Å². The summed E-state index contributed by atoms with van der Waals surface area (Å²) in [6.45, 7) is 2.28. The summed E-state index contributed by atoms with van der Waals surface area (Å²) in [5.41, 5.74) is 2.29. The molecule has 2 aromatic heterocycles. The first-order valence-corrected chi connectivity index (χ1v) is 11.4. The highest BCUT2D eigenvalue weighted by Crippen LogP contribution is 2.38. The minimum absolute atomic E-state index is 0.0436. The minimum atomic E-state index is -0.0436. The molecule has 1 aliphatic rings. The molecule has 28 heavy (non-hydrogen) atoms. The average Bonchev–Trinajstić information content (AvgIpc) is 3.29. The summed E-state index contributed by atoms with van der Waals surface area (Å²) in [4.78, 5) is 14.9. The number of benzene rings is 1. The van der Waals surface area contributed by atoms with E-state index in [1.807, 2.05) is 53.3 Å². The Morgan fingerprint density at radius 1 is 1.32 bits per heavy atom. The molecular formula is C21H24N4OS2. The first-order chi connectivity index (χ1) is 13.6. The van der Waals surface area contributed by atoms with Crippen LogP contribution in [0.5, 0.6) is 0 Å².